The van der Waals surface area contributed by atoms with E-state index in [9.17, 15) is 22.8 Å². The lowest BCUT2D eigenvalue weighted by Crippen LogP contribution is -2.16. The molecule has 4 nitrogen and oxygen atoms in total. The molecule has 0 saturated carbocycles. The lowest BCUT2D eigenvalue weighted by molar-refractivity contribution is -0.137. The fourth-order valence-electron chi connectivity index (χ4n) is 1.68. The molecule has 21 heavy (non-hydrogen) atoms. The number of anilines is 1. The van der Waals surface area contributed by atoms with Crippen molar-refractivity contribution in [3.8, 4) is 0 Å². The third kappa shape index (κ3) is 3.50. The molecule has 0 unspecified atom stereocenters. The number of hydrogen-bond acceptors (Lipinski definition) is 2. The van der Waals surface area contributed by atoms with Crippen LogP contribution in [0, 0.1) is 6.92 Å². The molecular weight excluding hydrogens is 285 g/mol. The summed E-state index contributed by atoms with van der Waals surface area (Å²) in [4.78, 5) is 25.1. The normalized spacial score (nSPS) is 11.2. The Hall–Kier alpha value is -2.57. The van der Waals surface area contributed by atoms with Crippen LogP contribution in [0.3, 0.4) is 0 Å². The molecule has 1 aromatic carbocycles. The van der Waals surface area contributed by atoms with Gasteiger partial charge in [0.05, 0.1) is 11.1 Å². The zero-order chi connectivity index (χ0) is 15.6. The van der Waals surface area contributed by atoms with E-state index in [0.717, 1.165) is 18.2 Å². The molecule has 7 heteroatoms. The minimum atomic E-state index is -4.48. The maximum atomic E-state index is 12.7. The van der Waals surface area contributed by atoms with Crippen LogP contribution in [-0.2, 0) is 6.18 Å². The van der Waals surface area contributed by atoms with Crippen LogP contribution in [-0.4, -0.2) is 10.9 Å². The third-order valence-corrected chi connectivity index (χ3v) is 2.86. The van der Waals surface area contributed by atoms with Crippen LogP contribution in [0.1, 0.15) is 21.5 Å². The highest BCUT2D eigenvalue weighted by atomic mass is 19.4. The molecule has 0 aliphatic carbocycles. The summed E-state index contributed by atoms with van der Waals surface area (Å²) in [6, 6.07) is 5.56. The van der Waals surface area contributed by atoms with Gasteiger partial charge in [-0.25, -0.2) is 0 Å². The largest absolute Gasteiger partial charge is 0.416 e. The molecule has 0 aliphatic rings. The highest BCUT2D eigenvalue weighted by molar-refractivity contribution is 6.04. The first-order valence-corrected chi connectivity index (χ1v) is 5.95. The van der Waals surface area contributed by atoms with Crippen LogP contribution in [0.15, 0.2) is 41.3 Å². The van der Waals surface area contributed by atoms with Crippen LogP contribution in [0.5, 0.6) is 0 Å². The Morgan fingerprint density at radius 1 is 1.19 bits per heavy atom. The summed E-state index contributed by atoms with van der Waals surface area (Å²) in [5, 5.41) is 2.40. The Labute approximate surface area is 117 Å². The highest BCUT2D eigenvalue weighted by Gasteiger charge is 2.30. The van der Waals surface area contributed by atoms with Gasteiger partial charge in [-0.05, 0) is 30.7 Å². The van der Waals surface area contributed by atoms with E-state index in [-0.39, 0.29) is 16.8 Å². The quantitative estimate of drug-likeness (QED) is 0.895. The molecule has 2 aromatic rings. The number of alkyl halides is 3. The average Bonchev–Trinajstić information content (AvgIpc) is 2.40. The topological polar surface area (TPSA) is 62.0 Å². The number of amides is 1. The Kier molecular flexibility index (Phi) is 3.84. The van der Waals surface area contributed by atoms with E-state index in [1.54, 1.807) is 6.92 Å². The Morgan fingerprint density at radius 2 is 1.90 bits per heavy atom. The summed E-state index contributed by atoms with van der Waals surface area (Å²) in [5.41, 5.74) is -0.500. The second-order valence-corrected chi connectivity index (χ2v) is 4.42. The second kappa shape index (κ2) is 5.43. The maximum absolute atomic E-state index is 12.7. The van der Waals surface area contributed by atoms with E-state index in [4.69, 9.17) is 0 Å². The molecule has 110 valence electrons. The highest BCUT2D eigenvalue weighted by Crippen LogP contribution is 2.32. The van der Waals surface area contributed by atoms with E-state index in [1.165, 1.54) is 18.3 Å². The van der Waals surface area contributed by atoms with Crippen molar-refractivity contribution in [3.63, 3.8) is 0 Å². The summed E-state index contributed by atoms with van der Waals surface area (Å²) in [6.07, 6.45) is -3.29. The first-order chi connectivity index (χ1) is 9.77. The number of aromatic amines is 1. The van der Waals surface area contributed by atoms with Crippen molar-refractivity contribution in [1.29, 1.82) is 0 Å². The molecule has 0 radical (unpaired) electrons. The predicted molar refractivity (Wildman–Crippen MR) is 71.2 cm³/mol. The van der Waals surface area contributed by atoms with Crippen molar-refractivity contribution in [2.24, 2.45) is 0 Å². The Balaban J connectivity index is 2.28. The van der Waals surface area contributed by atoms with Crippen LogP contribution < -0.4 is 10.9 Å². The number of carbonyl (C=O) groups is 1. The van der Waals surface area contributed by atoms with Gasteiger partial charge < -0.3 is 10.3 Å². The van der Waals surface area contributed by atoms with Gasteiger partial charge in [0.15, 0.2) is 0 Å². The molecule has 2 rings (SSSR count). The number of rotatable bonds is 2. The molecule has 0 spiro atoms. The number of aromatic nitrogens is 1. The van der Waals surface area contributed by atoms with Gasteiger partial charge in [0, 0.05) is 18.0 Å². The van der Waals surface area contributed by atoms with Gasteiger partial charge in [0.2, 0.25) is 5.56 Å². The van der Waals surface area contributed by atoms with E-state index >= 15 is 0 Å². The number of pyridine rings is 1. The molecule has 2 N–H and O–H groups in total. The first kappa shape index (κ1) is 14.8. The first-order valence-electron chi connectivity index (χ1n) is 5.95. The fourth-order valence-corrected chi connectivity index (χ4v) is 1.68. The number of nitrogens with one attached hydrogen (secondary N) is 2. The minimum Gasteiger partial charge on any atom is -0.328 e. The number of hydrogen-bond donors (Lipinski definition) is 2. The van der Waals surface area contributed by atoms with Gasteiger partial charge in [0.25, 0.3) is 5.91 Å². The molecule has 1 heterocycles. The summed E-state index contributed by atoms with van der Waals surface area (Å²) in [6.45, 7) is 1.59. The monoisotopic (exact) mass is 296 g/mol. The molecule has 0 aliphatic heterocycles. The summed E-state index contributed by atoms with van der Waals surface area (Å²) >= 11 is 0. The van der Waals surface area contributed by atoms with Crippen LogP contribution in [0.25, 0.3) is 0 Å². The minimum absolute atomic E-state index is 0.0704. The number of carbonyl (C=O) groups excluding carboxylic acids is 1. The van der Waals surface area contributed by atoms with Gasteiger partial charge in [-0.15, -0.1) is 0 Å². The van der Waals surface area contributed by atoms with E-state index < -0.39 is 17.6 Å². The van der Waals surface area contributed by atoms with Crippen molar-refractivity contribution >= 4 is 11.6 Å². The molecule has 1 amide bonds. The SMILES string of the molecule is Cc1ccc(C(F)(F)F)cc1NC(=O)c1ccc(=O)[nH]c1. The van der Waals surface area contributed by atoms with E-state index in [0.29, 0.717) is 5.56 Å². The van der Waals surface area contributed by atoms with Crippen molar-refractivity contribution < 1.29 is 18.0 Å². The van der Waals surface area contributed by atoms with Gasteiger partial charge in [-0.1, -0.05) is 6.07 Å². The Morgan fingerprint density at radius 3 is 2.48 bits per heavy atom. The van der Waals surface area contributed by atoms with E-state index in [2.05, 4.69) is 10.3 Å². The zero-order valence-electron chi connectivity index (χ0n) is 10.9. The average molecular weight is 296 g/mol. The Bertz CT molecular complexity index is 715. The van der Waals surface area contributed by atoms with Crippen molar-refractivity contribution in [3.05, 3.63) is 63.6 Å². The van der Waals surface area contributed by atoms with Crippen molar-refractivity contribution in [2.45, 2.75) is 13.1 Å². The number of H-pyrrole nitrogens is 1. The van der Waals surface area contributed by atoms with Gasteiger partial charge >= 0.3 is 6.18 Å². The third-order valence-electron chi connectivity index (χ3n) is 2.86. The number of aryl methyl sites for hydroxylation is 1. The fraction of sp³-hybridized carbons (Fsp3) is 0.143. The summed E-state index contributed by atoms with van der Waals surface area (Å²) in [5.74, 6) is -0.603. The van der Waals surface area contributed by atoms with Crippen LogP contribution in [0.4, 0.5) is 18.9 Å². The predicted octanol–water partition coefficient (Wildman–Crippen LogP) is 2.95. The maximum Gasteiger partial charge on any atom is 0.416 e. The smallest absolute Gasteiger partial charge is 0.328 e. The van der Waals surface area contributed by atoms with E-state index in [1.807, 2.05) is 0 Å². The molecule has 0 atom stereocenters. The van der Waals surface area contributed by atoms with Crippen molar-refractivity contribution in [1.82, 2.24) is 4.98 Å². The second-order valence-electron chi connectivity index (χ2n) is 4.42. The van der Waals surface area contributed by atoms with Gasteiger partial charge in [-0.3, -0.25) is 9.59 Å². The van der Waals surface area contributed by atoms with Crippen molar-refractivity contribution in [2.75, 3.05) is 5.32 Å². The van der Waals surface area contributed by atoms with Gasteiger partial charge in [-0.2, -0.15) is 13.2 Å². The summed E-state index contributed by atoms with van der Waals surface area (Å²) < 4.78 is 38.0. The molecule has 0 saturated heterocycles. The summed E-state index contributed by atoms with van der Waals surface area (Å²) in [7, 11) is 0. The lowest BCUT2D eigenvalue weighted by Gasteiger charge is -2.12. The molecule has 0 fully saturated rings. The molecular formula is C14H11F3N2O2. The van der Waals surface area contributed by atoms with Crippen LogP contribution in [0.2, 0.25) is 0 Å². The standard InChI is InChI=1S/C14H11F3N2O2/c1-8-2-4-10(14(15,16)17)6-11(8)19-13(21)9-3-5-12(20)18-7-9/h2-7H,1H3,(H,18,20)(H,19,21). The zero-order valence-corrected chi connectivity index (χ0v) is 10.9. The van der Waals surface area contributed by atoms with Gasteiger partial charge in [0.1, 0.15) is 0 Å². The molecule has 1 aromatic heterocycles. The van der Waals surface area contributed by atoms with Crippen LogP contribution >= 0.6 is 0 Å². The number of benzene rings is 1. The number of halogens is 3. The molecule has 0 bridgehead atoms. The lowest BCUT2D eigenvalue weighted by atomic mass is 10.1.